The lowest BCUT2D eigenvalue weighted by molar-refractivity contribution is 0.402. The van der Waals surface area contributed by atoms with Crippen LogP contribution in [0.5, 0.6) is 5.75 Å². The normalized spacial score (nSPS) is 11.6. The molecule has 0 unspecified atom stereocenters. The molecule has 0 amide bonds. The minimum Gasteiger partial charge on any atom is -0.495 e. The summed E-state index contributed by atoms with van der Waals surface area (Å²) in [5.74, 6) is 0.253. The lowest BCUT2D eigenvalue weighted by Crippen LogP contribution is -2.28. The molecule has 6 nitrogen and oxygen atoms in total. The van der Waals surface area contributed by atoms with Crippen molar-refractivity contribution in [1.29, 1.82) is 0 Å². The molecule has 0 radical (unpaired) electrons. The van der Waals surface area contributed by atoms with Crippen molar-refractivity contribution in [3.8, 4) is 5.75 Å². The maximum atomic E-state index is 12.4. The summed E-state index contributed by atoms with van der Waals surface area (Å²) in [6, 6.07) is 6.41. The van der Waals surface area contributed by atoms with E-state index in [-0.39, 0.29) is 17.2 Å². The summed E-state index contributed by atoms with van der Waals surface area (Å²) in [5, 5.41) is 4.62. The fourth-order valence-electron chi connectivity index (χ4n) is 2.13. The number of hydrogen-bond acceptors (Lipinski definition) is 4. The van der Waals surface area contributed by atoms with Crippen molar-refractivity contribution in [2.75, 3.05) is 13.7 Å². The molecule has 0 saturated carbocycles. The van der Waals surface area contributed by atoms with Gasteiger partial charge in [0, 0.05) is 17.3 Å². The van der Waals surface area contributed by atoms with Crippen LogP contribution < -0.4 is 9.46 Å². The Kier molecular flexibility index (Phi) is 5.10. The van der Waals surface area contributed by atoms with Crippen LogP contribution in [0, 0.1) is 13.8 Å². The van der Waals surface area contributed by atoms with Crippen molar-refractivity contribution < 1.29 is 13.2 Å². The second kappa shape index (κ2) is 6.68. The number of methoxy groups -OCH3 is 1. The van der Waals surface area contributed by atoms with Crippen molar-refractivity contribution in [1.82, 2.24) is 14.5 Å². The Morgan fingerprint density at radius 2 is 2.05 bits per heavy atom. The van der Waals surface area contributed by atoms with E-state index in [1.807, 2.05) is 19.9 Å². The van der Waals surface area contributed by atoms with Crippen LogP contribution >= 0.6 is 11.6 Å². The fraction of sp³-hybridized carbons (Fsp3) is 0.357. The third-order valence-corrected chi connectivity index (χ3v) is 4.85. The first-order valence-electron chi connectivity index (χ1n) is 6.68. The summed E-state index contributed by atoms with van der Waals surface area (Å²) >= 11 is 5.87. The first-order valence-corrected chi connectivity index (χ1v) is 8.54. The number of nitrogens with zero attached hydrogens (tertiary/aromatic N) is 2. The molecular formula is C14H18ClN3O3S. The molecule has 0 bridgehead atoms. The maximum Gasteiger partial charge on any atom is 0.244 e. The molecule has 2 aromatic rings. The molecule has 1 aromatic heterocycles. The van der Waals surface area contributed by atoms with Crippen molar-refractivity contribution in [3.05, 3.63) is 40.7 Å². The number of aryl methyl sites for hydroxylation is 2. The Balaban J connectivity index is 2.11. The molecular weight excluding hydrogens is 326 g/mol. The maximum absolute atomic E-state index is 12.4. The number of halogens is 1. The Bertz CT molecular complexity index is 772. The molecule has 8 heteroatoms. The summed E-state index contributed by atoms with van der Waals surface area (Å²) in [6.45, 7) is 4.49. The van der Waals surface area contributed by atoms with Crippen LogP contribution in [0.25, 0.3) is 0 Å². The van der Waals surface area contributed by atoms with Gasteiger partial charge in [-0.1, -0.05) is 11.6 Å². The van der Waals surface area contributed by atoms with Gasteiger partial charge in [-0.15, -0.1) is 0 Å². The first kappa shape index (κ1) is 16.8. The monoisotopic (exact) mass is 343 g/mol. The van der Waals surface area contributed by atoms with Crippen LogP contribution in [0.15, 0.2) is 29.2 Å². The van der Waals surface area contributed by atoms with E-state index in [1.165, 1.54) is 19.2 Å². The minimum absolute atomic E-state index is 0.0240. The van der Waals surface area contributed by atoms with Gasteiger partial charge in [0.1, 0.15) is 10.6 Å². The van der Waals surface area contributed by atoms with E-state index >= 15 is 0 Å². The highest BCUT2D eigenvalue weighted by atomic mass is 35.5. The van der Waals surface area contributed by atoms with E-state index in [9.17, 15) is 8.42 Å². The molecule has 0 fully saturated rings. The van der Waals surface area contributed by atoms with Gasteiger partial charge in [-0.05, 0) is 38.1 Å². The predicted molar refractivity (Wildman–Crippen MR) is 84.9 cm³/mol. The Hall–Kier alpha value is -1.57. The zero-order valence-electron chi connectivity index (χ0n) is 12.6. The Morgan fingerprint density at radius 1 is 1.32 bits per heavy atom. The SMILES string of the molecule is COc1ccc(Cl)cc1S(=O)(=O)NCCn1nc(C)cc1C. The van der Waals surface area contributed by atoms with Crippen LogP contribution in [0.1, 0.15) is 11.4 Å². The van der Waals surface area contributed by atoms with Gasteiger partial charge in [0.2, 0.25) is 10.0 Å². The molecule has 0 aliphatic rings. The number of rotatable bonds is 6. The van der Waals surface area contributed by atoms with E-state index < -0.39 is 10.0 Å². The van der Waals surface area contributed by atoms with Gasteiger partial charge in [0.15, 0.2) is 0 Å². The largest absolute Gasteiger partial charge is 0.495 e. The molecule has 1 N–H and O–H groups in total. The molecule has 1 aromatic carbocycles. The Morgan fingerprint density at radius 3 is 2.64 bits per heavy atom. The number of aromatic nitrogens is 2. The molecule has 0 saturated heterocycles. The van der Waals surface area contributed by atoms with Crippen molar-refractivity contribution >= 4 is 21.6 Å². The predicted octanol–water partition coefficient (Wildman–Crippen LogP) is 2.14. The van der Waals surface area contributed by atoms with Gasteiger partial charge in [-0.2, -0.15) is 5.10 Å². The highest BCUT2D eigenvalue weighted by molar-refractivity contribution is 7.89. The van der Waals surface area contributed by atoms with Gasteiger partial charge < -0.3 is 4.74 Å². The van der Waals surface area contributed by atoms with E-state index in [1.54, 1.807) is 10.7 Å². The Labute approximate surface area is 135 Å². The standard InChI is InChI=1S/C14H18ClN3O3S/c1-10-8-11(2)18(17-10)7-6-16-22(19,20)14-9-12(15)4-5-13(14)21-3/h4-5,8-9,16H,6-7H2,1-3H3. The molecule has 120 valence electrons. The number of benzene rings is 1. The van der Waals surface area contributed by atoms with Gasteiger partial charge in [-0.25, -0.2) is 13.1 Å². The third-order valence-electron chi connectivity index (χ3n) is 3.13. The second-order valence-electron chi connectivity index (χ2n) is 4.84. The molecule has 0 atom stereocenters. The van der Waals surface area contributed by atoms with E-state index in [2.05, 4.69) is 9.82 Å². The zero-order valence-corrected chi connectivity index (χ0v) is 14.2. The summed E-state index contributed by atoms with van der Waals surface area (Å²) in [5.41, 5.74) is 1.88. The van der Waals surface area contributed by atoms with E-state index in [0.717, 1.165) is 11.4 Å². The molecule has 22 heavy (non-hydrogen) atoms. The summed E-state index contributed by atoms with van der Waals surface area (Å²) in [6.07, 6.45) is 0. The molecule has 2 rings (SSSR count). The lowest BCUT2D eigenvalue weighted by atomic mass is 10.3. The zero-order chi connectivity index (χ0) is 16.3. The lowest BCUT2D eigenvalue weighted by Gasteiger charge is -2.11. The highest BCUT2D eigenvalue weighted by Crippen LogP contribution is 2.26. The van der Waals surface area contributed by atoms with Crippen molar-refractivity contribution in [3.63, 3.8) is 0 Å². The number of sulfonamides is 1. The van der Waals surface area contributed by atoms with E-state index in [4.69, 9.17) is 16.3 Å². The molecule has 0 aliphatic heterocycles. The van der Waals surface area contributed by atoms with Crippen molar-refractivity contribution in [2.24, 2.45) is 0 Å². The topological polar surface area (TPSA) is 73.2 Å². The van der Waals surface area contributed by atoms with Gasteiger partial charge in [0.05, 0.1) is 19.3 Å². The fourth-order valence-corrected chi connectivity index (χ4v) is 3.58. The summed E-state index contributed by atoms with van der Waals surface area (Å²) in [4.78, 5) is 0.0240. The number of ether oxygens (including phenoxy) is 1. The van der Waals surface area contributed by atoms with Crippen LogP contribution in [0.2, 0.25) is 5.02 Å². The smallest absolute Gasteiger partial charge is 0.244 e. The molecule has 1 heterocycles. The third kappa shape index (κ3) is 3.79. The summed E-state index contributed by atoms with van der Waals surface area (Å²) < 4.78 is 34.1. The first-order chi connectivity index (χ1) is 10.3. The quantitative estimate of drug-likeness (QED) is 0.872. The average molecular weight is 344 g/mol. The van der Waals surface area contributed by atoms with Gasteiger partial charge in [-0.3, -0.25) is 4.68 Å². The van der Waals surface area contributed by atoms with Crippen LogP contribution in [-0.4, -0.2) is 31.9 Å². The van der Waals surface area contributed by atoms with Gasteiger partial charge in [0.25, 0.3) is 0 Å². The second-order valence-corrected chi connectivity index (χ2v) is 7.02. The highest BCUT2D eigenvalue weighted by Gasteiger charge is 2.19. The van der Waals surface area contributed by atoms with Crippen molar-refractivity contribution in [2.45, 2.75) is 25.3 Å². The summed E-state index contributed by atoms with van der Waals surface area (Å²) in [7, 11) is -2.29. The number of nitrogens with one attached hydrogen (secondary N) is 1. The minimum atomic E-state index is -3.70. The van der Waals surface area contributed by atoms with E-state index in [0.29, 0.717) is 11.6 Å². The number of hydrogen-bond donors (Lipinski definition) is 1. The van der Waals surface area contributed by atoms with Crippen LogP contribution in [0.4, 0.5) is 0 Å². The molecule has 0 spiro atoms. The van der Waals surface area contributed by atoms with Gasteiger partial charge >= 0.3 is 0 Å². The van der Waals surface area contributed by atoms with Crippen LogP contribution in [0.3, 0.4) is 0 Å². The van der Waals surface area contributed by atoms with Crippen LogP contribution in [-0.2, 0) is 16.6 Å². The molecule has 0 aliphatic carbocycles. The average Bonchev–Trinajstić information content (AvgIpc) is 2.77.